The van der Waals surface area contributed by atoms with Crippen LogP contribution in [-0.4, -0.2) is 30.8 Å². The third kappa shape index (κ3) is 4.01. The summed E-state index contributed by atoms with van der Waals surface area (Å²) in [5.41, 5.74) is 1.63. The van der Waals surface area contributed by atoms with Gasteiger partial charge in [0.25, 0.3) is 10.0 Å². The minimum atomic E-state index is -3.75. The van der Waals surface area contributed by atoms with Crippen LogP contribution in [0.15, 0.2) is 77.3 Å². The van der Waals surface area contributed by atoms with Crippen molar-refractivity contribution >= 4 is 43.6 Å². The minimum Gasteiger partial charge on any atom is -0.326 e. The molecule has 0 unspecified atom stereocenters. The van der Waals surface area contributed by atoms with Crippen LogP contribution in [0.2, 0.25) is 0 Å². The van der Waals surface area contributed by atoms with E-state index < -0.39 is 10.0 Å². The number of hydrogen-bond acceptors (Lipinski definition) is 5. The number of sulfonamides is 1. The number of hydrogen-bond donors (Lipinski definition) is 1. The number of fused-ring (bicyclic) bond motifs is 1. The molecular formula is C20H18N4O3S2. The Labute approximate surface area is 172 Å². The fraction of sp³-hybridized carbons (Fsp3) is 0.100. The molecule has 4 rings (SSSR count). The van der Waals surface area contributed by atoms with Crippen molar-refractivity contribution < 1.29 is 13.2 Å². The first kappa shape index (κ1) is 19.2. The number of carbonyl (C=O) groups excluding carboxylic acids is 1. The zero-order valence-electron chi connectivity index (χ0n) is 15.5. The monoisotopic (exact) mass is 426 g/mol. The van der Waals surface area contributed by atoms with Crippen molar-refractivity contribution in [3.8, 4) is 0 Å². The highest BCUT2D eigenvalue weighted by Crippen LogP contribution is 2.23. The maximum Gasteiger partial charge on any atom is 0.264 e. The summed E-state index contributed by atoms with van der Waals surface area (Å²) in [6, 6.07) is 15.0. The quantitative estimate of drug-likeness (QED) is 0.512. The Balaban J connectivity index is 1.50. The average Bonchev–Trinajstić information content (AvgIpc) is 3.30. The first-order chi connectivity index (χ1) is 13.9. The van der Waals surface area contributed by atoms with Crippen LogP contribution >= 0.6 is 11.3 Å². The smallest absolute Gasteiger partial charge is 0.264 e. The van der Waals surface area contributed by atoms with Gasteiger partial charge in [0.05, 0.1) is 22.7 Å². The fourth-order valence-corrected chi connectivity index (χ4v) is 4.86. The van der Waals surface area contributed by atoms with Crippen LogP contribution in [0.4, 0.5) is 11.4 Å². The Hall–Kier alpha value is -3.17. The van der Waals surface area contributed by atoms with E-state index >= 15 is 0 Å². The van der Waals surface area contributed by atoms with Gasteiger partial charge >= 0.3 is 0 Å². The van der Waals surface area contributed by atoms with E-state index in [1.165, 1.54) is 34.8 Å². The van der Waals surface area contributed by atoms with E-state index in [0.717, 1.165) is 4.96 Å². The first-order valence-electron chi connectivity index (χ1n) is 8.78. The van der Waals surface area contributed by atoms with Crippen molar-refractivity contribution in [2.75, 3.05) is 16.7 Å². The standard InChI is InChI=1S/C20H18N4O3S2/c1-23(17-7-3-2-4-8-17)29(26,27)18-9-5-6-15(12-18)21-19(25)13-16-14-24-10-11-28-20(24)22-16/h2-12,14H,13H2,1H3,(H,21,25). The molecule has 4 aromatic rings. The molecule has 9 heteroatoms. The maximum absolute atomic E-state index is 12.9. The molecule has 1 amide bonds. The van der Waals surface area contributed by atoms with Gasteiger partial charge in [-0.25, -0.2) is 13.4 Å². The van der Waals surface area contributed by atoms with Crippen LogP contribution in [0, 0.1) is 0 Å². The molecule has 0 saturated carbocycles. The van der Waals surface area contributed by atoms with Gasteiger partial charge in [-0.15, -0.1) is 11.3 Å². The third-order valence-electron chi connectivity index (χ3n) is 4.38. The molecule has 2 heterocycles. The molecule has 0 atom stereocenters. The molecule has 7 nitrogen and oxygen atoms in total. The van der Waals surface area contributed by atoms with Crippen molar-refractivity contribution in [2.45, 2.75) is 11.3 Å². The van der Waals surface area contributed by atoms with Gasteiger partial charge in [0.15, 0.2) is 4.96 Å². The largest absolute Gasteiger partial charge is 0.326 e. The fourth-order valence-electron chi connectivity index (χ4n) is 2.90. The van der Waals surface area contributed by atoms with Gasteiger partial charge in [0, 0.05) is 30.5 Å². The Kier molecular flexibility index (Phi) is 5.08. The van der Waals surface area contributed by atoms with Gasteiger partial charge in [0.1, 0.15) is 0 Å². The number of nitrogens with zero attached hydrogens (tertiary/aromatic N) is 3. The number of benzene rings is 2. The molecule has 0 fully saturated rings. The summed E-state index contributed by atoms with van der Waals surface area (Å²) in [4.78, 5) is 17.7. The van der Waals surface area contributed by atoms with Gasteiger partial charge in [-0.2, -0.15) is 0 Å². The van der Waals surface area contributed by atoms with Gasteiger partial charge in [-0.1, -0.05) is 24.3 Å². The molecule has 0 spiro atoms. The number of aromatic nitrogens is 2. The highest BCUT2D eigenvalue weighted by atomic mass is 32.2. The number of para-hydroxylation sites is 1. The summed E-state index contributed by atoms with van der Waals surface area (Å²) in [5.74, 6) is -0.262. The van der Waals surface area contributed by atoms with E-state index in [1.807, 2.05) is 22.0 Å². The van der Waals surface area contributed by atoms with Gasteiger partial charge in [-0.05, 0) is 30.3 Å². The van der Waals surface area contributed by atoms with Crippen molar-refractivity contribution in [1.82, 2.24) is 9.38 Å². The van der Waals surface area contributed by atoms with Gasteiger partial charge in [0.2, 0.25) is 5.91 Å². The summed E-state index contributed by atoms with van der Waals surface area (Å²) in [7, 11) is -2.25. The van der Waals surface area contributed by atoms with Crippen molar-refractivity contribution in [3.63, 3.8) is 0 Å². The van der Waals surface area contributed by atoms with Crippen LogP contribution in [-0.2, 0) is 21.2 Å². The number of amides is 1. The number of carbonyl (C=O) groups is 1. The lowest BCUT2D eigenvalue weighted by Crippen LogP contribution is -2.26. The number of thiazole rings is 1. The Bertz CT molecular complexity index is 1230. The number of anilines is 2. The van der Waals surface area contributed by atoms with Crippen LogP contribution in [0.3, 0.4) is 0 Å². The molecular weight excluding hydrogens is 408 g/mol. The SMILES string of the molecule is CN(c1ccccc1)S(=O)(=O)c1cccc(NC(=O)Cc2cn3ccsc3n2)c1. The molecule has 2 aromatic carbocycles. The predicted octanol–water partition coefficient (Wildman–Crippen LogP) is 3.40. The van der Waals surface area contributed by atoms with Gasteiger partial charge in [-0.3, -0.25) is 13.5 Å². The number of rotatable bonds is 6. The molecule has 0 aliphatic rings. The Morgan fingerprint density at radius 3 is 2.72 bits per heavy atom. The van der Waals surface area contributed by atoms with Crippen molar-refractivity contribution in [3.05, 3.63) is 78.1 Å². The van der Waals surface area contributed by atoms with Crippen LogP contribution < -0.4 is 9.62 Å². The summed E-state index contributed by atoms with van der Waals surface area (Å²) in [6.45, 7) is 0. The zero-order valence-corrected chi connectivity index (χ0v) is 17.2. The zero-order chi connectivity index (χ0) is 20.4. The average molecular weight is 427 g/mol. The minimum absolute atomic E-state index is 0.101. The van der Waals surface area contributed by atoms with Crippen molar-refractivity contribution in [2.24, 2.45) is 0 Å². The Morgan fingerprint density at radius 1 is 1.17 bits per heavy atom. The Morgan fingerprint density at radius 2 is 1.97 bits per heavy atom. The van der Waals surface area contributed by atoms with Gasteiger partial charge < -0.3 is 5.32 Å². The van der Waals surface area contributed by atoms with E-state index in [0.29, 0.717) is 17.1 Å². The van der Waals surface area contributed by atoms with E-state index in [4.69, 9.17) is 0 Å². The van der Waals surface area contributed by atoms with E-state index in [9.17, 15) is 13.2 Å². The second-order valence-electron chi connectivity index (χ2n) is 6.39. The van der Waals surface area contributed by atoms with E-state index in [1.54, 1.807) is 42.6 Å². The summed E-state index contributed by atoms with van der Waals surface area (Å²) in [5, 5.41) is 4.67. The highest BCUT2D eigenvalue weighted by molar-refractivity contribution is 7.92. The van der Waals surface area contributed by atoms with E-state index in [2.05, 4.69) is 10.3 Å². The second-order valence-corrected chi connectivity index (χ2v) is 9.23. The lowest BCUT2D eigenvalue weighted by molar-refractivity contribution is -0.115. The molecule has 0 bridgehead atoms. The van der Waals surface area contributed by atoms with E-state index in [-0.39, 0.29) is 17.2 Å². The number of nitrogens with one attached hydrogen (secondary N) is 1. The normalized spacial score (nSPS) is 11.5. The second kappa shape index (κ2) is 7.69. The lowest BCUT2D eigenvalue weighted by Gasteiger charge is -2.19. The van der Waals surface area contributed by atoms with Crippen LogP contribution in [0.5, 0.6) is 0 Å². The predicted molar refractivity (Wildman–Crippen MR) is 114 cm³/mol. The molecule has 148 valence electrons. The summed E-state index contributed by atoms with van der Waals surface area (Å²) in [6.07, 6.45) is 3.79. The lowest BCUT2D eigenvalue weighted by atomic mass is 10.3. The summed E-state index contributed by atoms with van der Waals surface area (Å²) < 4.78 is 28.9. The molecule has 0 radical (unpaired) electrons. The molecule has 0 aliphatic carbocycles. The summed E-state index contributed by atoms with van der Waals surface area (Å²) >= 11 is 1.49. The van der Waals surface area contributed by atoms with Crippen molar-refractivity contribution in [1.29, 1.82) is 0 Å². The molecule has 1 N–H and O–H groups in total. The topological polar surface area (TPSA) is 83.8 Å². The molecule has 29 heavy (non-hydrogen) atoms. The molecule has 0 saturated heterocycles. The molecule has 2 aromatic heterocycles. The molecule has 0 aliphatic heterocycles. The third-order valence-corrected chi connectivity index (χ3v) is 6.93. The first-order valence-corrected chi connectivity index (χ1v) is 11.1. The van der Waals surface area contributed by atoms with Crippen LogP contribution in [0.25, 0.3) is 4.96 Å². The maximum atomic E-state index is 12.9. The highest BCUT2D eigenvalue weighted by Gasteiger charge is 2.21. The number of imidazole rings is 1. The van der Waals surface area contributed by atoms with Crippen LogP contribution in [0.1, 0.15) is 5.69 Å².